The van der Waals surface area contributed by atoms with Crippen LogP contribution in [0.1, 0.15) is 19.4 Å². The summed E-state index contributed by atoms with van der Waals surface area (Å²) in [5, 5.41) is 0. The van der Waals surface area contributed by atoms with Gasteiger partial charge in [0.05, 0.1) is 11.2 Å². The van der Waals surface area contributed by atoms with Crippen molar-refractivity contribution >= 4 is 20.0 Å². The smallest absolute Gasteiger partial charge is 0.213 e. The van der Waals surface area contributed by atoms with Gasteiger partial charge in [-0.2, -0.15) is 0 Å². The minimum Gasteiger partial charge on any atom is -0.213 e. The van der Waals surface area contributed by atoms with Gasteiger partial charge in [0.25, 0.3) is 0 Å². The van der Waals surface area contributed by atoms with Gasteiger partial charge in [-0.25, -0.2) is 25.9 Å². The molecule has 0 aliphatic heterocycles. The molecule has 1 N–H and O–H groups in total. The molecule has 0 atom stereocenters. The van der Waals surface area contributed by atoms with Crippen LogP contribution in [-0.4, -0.2) is 47.0 Å². The highest BCUT2D eigenvalue weighted by molar-refractivity contribution is 7.89. The Hall–Kier alpha value is -0.960. The van der Waals surface area contributed by atoms with Crippen LogP contribution in [0.5, 0.6) is 0 Å². The Morgan fingerprint density at radius 1 is 1.18 bits per heavy atom. The molecular weight excluding hydrogens is 324 g/mol. The summed E-state index contributed by atoms with van der Waals surface area (Å²) in [6.45, 7) is 6.15. The third-order valence-electron chi connectivity index (χ3n) is 2.99. The Labute approximate surface area is 133 Å². The van der Waals surface area contributed by atoms with Crippen molar-refractivity contribution in [3.05, 3.63) is 29.8 Å². The third-order valence-corrected chi connectivity index (χ3v) is 5.72. The number of nitrogens with zero attached hydrogens (tertiary/aromatic N) is 1. The molecule has 0 fully saturated rings. The molecule has 0 aliphatic rings. The SMILES string of the molecule is Cc1cccc(S(=O)(=O)NCCN(CC(C)C)S(C)(=O)=O)c1. The van der Waals surface area contributed by atoms with E-state index in [-0.39, 0.29) is 23.9 Å². The van der Waals surface area contributed by atoms with Gasteiger partial charge < -0.3 is 0 Å². The topological polar surface area (TPSA) is 83.6 Å². The Morgan fingerprint density at radius 2 is 1.82 bits per heavy atom. The normalized spacial score (nSPS) is 13.0. The molecule has 1 aromatic rings. The largest absolute Gasteiger partial charge is 0.240 e. The molecule has 6 nitrogen and oxygen atoms in total. The van der Waals surface area contributed by atoms with E-state index in [9.17, 15) is 16.8 Å². The second-order valence-electron chi connectivity index (χ2n) is 5.73. The Kier molecular flexibility index (Phi) is 6.54. The van der Waals surface area contributed by atoms with Crippen LogP contribution in [0.15, 0.2) is 29.2 Å². The molecule has 0 unspecified atom stereocenters. The summed E-state index contributed by atoms with van der Waals surface area (Å²) in [5.41, 5.74) is 0.848. The number of sulfonamides is 2. The van der Waals surface area contributed by atoms with Gasteiger partial charge in [-0.05, 0) is 30.5 Å². The predicted molar refractivity (Wildman–Crippen MR) is 87.6 cm³/mol. The molecule has 0 saturated heterocycles. The third kappa shape index (κ3) is 6.04. The molecule has 0 bridgehead atoms. The number of hydrogen-bond acceptors (Lipinski definition) is 4. The van der Waals surface area contributed by atoms with Crippen molar-refractivity contribution in [2.24, 2.45) is 5.92 Å². The highest BCUT2D eigenvalue weighted by atomic mass is 32.2. The molecule has 0 spiro atoms. The molecule has 0 aromatic heterocycles. The second kappa shape index (κ2) is 7.54. The monoisotopic (exact) mass is 348 g/mol. The lowest BCUT2D eigenvalue weighted by Crippen LogP contribution is -2.39. The summed E-state index contributed by atoms with van der Waals surface area (Å²) >= 11 is 0. The molecule has 8 heteroatoms. The summed E-state index contributed by atoms with van der Waals surface area (Å²) in [4.78, 5) is 0.183. The van der Waals surface area contributed by atoms with Gasteiger partial charge in [-0.3, -0.25) is 0 Å². The van der Waals surface area contributed by atoms with Gasteiger partial charge in [0, 0.05) is 19.6 Å². The van der Waals surface area contributed by atoms with Crippen LogP contribution in [0.3, 0.4) is 0 Å². The lowest BCUT2D eigenvalue weighted by molar-refractivity contribution is 0.372. The summed E-state index contributed by atoms with van der Waals surface area (Å²) in [7, 11) is -6.97. The Morgan fingerprint density at radius 3 is 2.32 bits per heavy atom. The van der Waals surface area contributed by atoms with Gasteiger partial charge in [-0.15, -0.1) is 0 Å². The van der Waals surface area contributed by atoms with Crippen molar-refractivity contribution in [2.75, 3.05) is 25.9 Å². The van der Waals surface area contributed by atoms with E-state index in [2.05, 4.69) is 4.72 Å². The van der Waals surface area contributed by atoms with Crippen LogP contribution in [0.4, 0.5) is 0 Å². The van der Waals surface area contributed by atoms with E-state index in [0.29, 0.717) is 6.54 Å². The summed E-state index contributed by atoms with van der Waals surface area (Å²) in [5.74, 6) is 0.170. The van der Waals surface area contributed by atoms with E-state index in [1.54, 1.807) is 12.1 Å². The first-order valence-corrected chi connectivity index (χ1v) is 10.4. The van der Waals surface area contributed by atoms with Crippen LogP contribution in [0.25, 0.3) is 0 Å². The number of nitrogens with one attached hydrogen (secondary N) is 1. The zero-order valence-corrected chi connectivity index (χ0v) is 15.0. The first-order valence-electron chi connectivity index (χ1n) is 7.04. The lowest BCUT2D eigenvalue weighted by Gasteiger charge is -2.22. The molecular formula is C14H24N2O4S2. The quantitative estimate of drug-likeness (QED) is 0.765. The molecule has 0 heterocycles. The van der Waals surface area contributed by atoms with Crippen molar-refractivity contribution in [3.8, 4) is 0 Å². The van der Waals surface area contributed by atoms with E-state index in [0.717, 1.165) is 11.8 Å². The van der Waals surface area contributed by atoms with Crippen molar-refractivity contribution < 1.29 is 16.8 Å². The van der Waals surface area contributed by atoms with Crippen molar-refractivity contribution in [1.82, 2.24) is 9.03 Å². The van der Waals surface area contributed by atoms with Crippen LogP contribution >= 0.6 is 0 Å². The van der Waals surface area contributed by atoms with Crippen molar-refractivity contribution in [2.45, 2.75) is 25.7 Å². The molecule has 126 valence electrons. The van der Waals surface area contributed by atoms with Crippen molar-refractivity contribution in [3.63, 3.8) is 0 Å². The highest BCUT2D eigenvalue weighted by Crippen LogP contribution is 2.10. The maximum absolute atomic E-state index is 12.2. The Balaban J connectivity index is 2.72. The zero-order chi connectivity index (χ0) is 17.0. The van der Waals surface area contributed by atoms with E-state index >= 15 is 0 Å². The van der Waals surface area contributed by atoms with Crippen LogP contribution in [0, 0.1) is 12.8 Å². The van der Waals surface area contributed by atoms with Crippen LogP contribution in [0.2, 0.25) is 0 Å². The molecule has 1 rings (SSSR count). The summed E-state index contributed by atoms with van der Waals surface area (Å²) in [6.07, 6.45) is 1.13. The Bertz CT molecular complexity index is 697. The average Bonchev–Trinajstić information content (AvgIpc) is 2.36. The lowest BCUT2D eigenvalue weighted by atomic mass is 10.2. The van der Waals surface area contributed by atoms with Crippen LogP contribution < -0.4 is 4.72 Å². The molecule has 22 heavy (non-hydrogen) atoms. The number of benzene rings is 1. The summed E-state index contributed by atoms with van der Waals surface area (Å²) < 4.78 is 51.4. The molecule has 0 saturated carbocycles. The van der Waals surface area contributed by atoms with E-state index in [1.165, 1.54) is 10.4 Å². The van der Waals surface area contributed by atoms with Gasteiger partial charge >= 0.3 is 0 Å². The van der Waals surface area contributed by atoms with Crippen LogP contribution in [-0.2, 0) is 20.0 Å². The predicted octanol–water partition coefficient (Wildman–Crippen LogP) is 1.19. The summed E-state index contributed by atoms with van der Waals surface area (Å²) in [6, 6.07) is 6.57. The fourth-order valence-corrected chi connectivity index (χ4v) is 4.09. The number of rotatable bonds is 8. The van der Waals surface area contributed by atoms with E-state index in [4.69, 9.17) is 0 Å². The first kappa shape index (κ1) is 19.1. The minimum atomic E-state index is -3.62. The van der Waals surface area contributed by atoms with Crippen molar-refractivity contribution in [1.29, 1.82) is 0 Å². The number of hydrogen-bond donors (Lipinski definition) is 1. The number of aryl methyl sites for hydroxylation is 1. The molecule has 0 radical (unpaired) electrons. The first-order chi connectivity index (χ1) is 10.0. The average molecular weight is 348 g/mol. The maximum atomic E-state index is 12.2. The van der Waals surface area contributed by atoms with Gasteiger partial charge in [0.15, 0.2) is 0 Å². The van der Waals surface area contributed by atoms with Gasteiger partial charge in [-0.1, -0.05) is 26.0 Å². The molecule has 0 amide bonds. The van der Waals surface area contributed by atoms with E-state index in [1.807, 2.05) is 26.8 Å². The standard InChI is InChI=1S/C14H24N2O4S2/c1-12(2)11-16(21(4,17)18)9-8-15-22(19,20)14-7-5-6-13(3)10-14/h5-7,10,12,15H,8-9,11H2,1-4H3. The van der Waals surface area contributed by atoms with E-state index < -0.39 is 20.0 Å². The molecule has 0 aliphatic carbocycles. The van der Waals surface area contributed by atoms with Gasteiger partial charge in [0.2, 0.25) is 20.0 Å². The fraction of sp³-hybridized carbons (Fsp3) is 0.571. The minimum absolute atomic E-state index is 0.0378. The van der Waals surface area contributed by atoms with Gasteiger partial charge in [0.1, 0.15) is 0 Å². The highest BCUT2D eigenvalue weighted by Gasteiger charge is 2.19. The maximum Gasteiger partial charge on any atom is 0.240 e. The second-order valence-corrected chi connectivity index (χ2v) is 9.48. The fourth-order valence-electron chi connectivity index (χ4n) is 1.97. The molecule has 1 aromatic carbocycles. The zero-order valence-electron chi connectivity index (χ0n) is 13.4.